The van der Waals surface area contributed by atoms with Crippen LogP contribution < -0.4 is 10.5 Å². The number of rotatable bonds is 2. The third kappa shape index (κ3) is 3.13. The fourth-order valence-electron chi connectivity index (χ4n) is 2.14. The molecule has 0 bridgehead atoms. The molecule has 1 aliphatic carbocycles. The molecule has 1 saturated carbocycles. The zero-order valence-corrected chi connectivity index (χ0v) is 10.1. The summed E-state index contributed by atoms with van der Waals surface area (Å²) in [7, 11) is 0. The van der Waals surface area contributed by atoms with E-state index < -0.39 is 0 Å². The van der Waals surface area contributed by atoms with Gasteiger partial charge in [-0.1, -0.05) is 24.4 Å². The number of benzene rings is 1. The molecule has 1 aromatic carbocycles. The summed E-state index contributed by atoms with van der Waals surface area (Å²) in [5.74, 6) is 0.867. The molecule has 2 rings (SSSR count). The average Bonchev–Trinajstić information content (AvgIpc) is 2.48. The van der Waals surface area contributed by atoms with Gasteiger partial charge in [-0.2, -0.15) is 0 Å². The Bertz CT molecular complexity index is 325. The molecule has 0 heterocycles. The Kier molecular flexibility index (Phi) is 4.08. The van der Waals surface area contributed by atoms with Crippen molar-refractivity contribution >= 4 is 11.6 Å². The number of hydrogen-bond acceptors (Lipinski definition) is 2. The van der Waals surface area contributed by atoms with E-state index in [0.29, 0.717) is 0 Å². The van der Waals surface area contributed by atoms with Crippen molar-refractivity contribution in [2.24, 2.45) is 5.73 Å². The second kappa shape index (κ2) is 5.55. The first-order valence-corrected chi connectivity index (χ1v) is 6.31. The molecule has 2 nitrogen and oxygen atoms in total. The molecule has 0 aromatic heterocycles. The summed E-state index contributed by atoms with van der Waals surface area (Å²) in [6, 6.07) is 7.66. The first kappa shape index (κ1) is 11.7. The Morgan fingerprint density at radius 1 is 1.06 bits per heavy atom. The van der Waals surface area contributed by atoms with E-state index in [2.05, 4.69) is 0 Å². The van der Waals surface area contributed by atoms with E-state index in [1.54, 1.807) is 0 Å². The van der Waals surface area contributed by atoms with Crippen molar-refractivity contribution < 1.29 is 4.74 Å². The molecule has 16 heavy (non-hydrogen) atoms. The topological polar surface area (TPSA) is 35.2 Å². The number of nitrogens with two attached hydrogens (primary N) is 1. The third-order valence-corrected chi connectivity index (χ3v) is 3.36. The minimum Gasteiger partial charge on any atom is -0.489 e. The number of ether oxygens (including phenoxy) is 1. The van der Waals surface area contributed by atoms with Gasteiger partial charge < -0.3 is 10.5 Å². The van der Waals surface area contributed by atoms with E-state index in [0.717, 1.165) is 23.6 Å². The molecule has 1 fully saturated rings. The number of hydrogen-bond donors (Lipinski definition) is 1. The lowest BCUT2D eigenvalue weighted by molar-refractivity contribution is 0.163. The fourth-order valence-corrected chi connectivity index (χ4v) is 2.26. The van der Waals surface area contributed by atoms with Crippen LogP contribution in [0.3, 0.4) is 0 Å². The first-order valence-electron chi connectivity index (χ1n) is 5.93. The first-order chi connectivity index (χ1) is 7.75. The van der Waals surface area contributed by atoms with Gasteiger partial charge in [0, 0.05) is 11.1 Å². The van der Waals surface area contributed by atoms with Gasteiger partial charge >= 0.3 is 0 Å². The van der Waals surface area contributed by atoms with Gasteiger partial charge in [0.2, 0.25) is 0 Å². The van der Waals surface area contributed by atoms with Crippen molar-refractivity contribution in [3.8, 4) is 5.75 Å². The third-order valence-electron chi connectivity index (χ3n) is 3.10. The summed E-state index contributed by atoms with van der Waals surface area (Å²) in [5, 5.41) is 0.734. The molecular weight excluding hydrogens is 222 g/mol. The predicted octanol–water partition coefficient (Wildman–Crippen LogP) is 3.38. The van der Waals surface area contributed by atoms with E-state index in [9.17, 15) is 0 Å². The molecule has 88 valence electrons. The highest BCUT2D eigenvalue weighted by Crippen LogP contribution is 2.23. The van der Waals surface area contributed by atoms with Crippen LogP contribution in [0.15, 0.2) is 24.3 Å². The standard InChI is InChI=1S/C13H18ClNO/c14-10-6-8-11(9-7-10)16-13-5-3-1-2-4-12(13)15/h6-9,12-13H,1-5,15H2. The van der Waals surface area contributed by atoms with Crippen molar-refractivity contribution in [2.45, 2.75) is 44.2 Å². The van der Waals surface area contributed by atoms with E-state index >= 15 is 0 Å². The quantitative estimate of drug-likeness (QED) is 0.803. The van der Waals surface area contributed by atoms with Crippen molar-refractivity contribution in [1.82, 2.24) is 0 Å². The summed E-state index contributed by atoms with van der Waals surface area (Å²) < 4.78 is 5.92. The minimum atomic E-state index is 0.156. The smallest absolute Gasteiger partial charge is 0.119 e. The lowest BCUT2D eigenvalue weighted by atomic mass is 10.1. The molecule has 0 saturated heterocycles. The van der Waals surface area contributed by atoms with Gasteiger partial charge in [0.1, 0.15) is 11.9 Å². The molecule has 0 radical (unpaired) electrons. The van der Waals surface area contributed by atoms with E-state index in [1.165, 1.54) is 19.3 Å². The zero-order valence-electron chi connectivity index (χ0n) is 9.36. The van der Waals surface area contributed by atoms with Crippen LogP contribution in [0.1, 0.15) is 32.1 Å². The van der Waals surface area contributed by atoms with Gasteiger partial charge in [0.05, 0.1) is 0 Å². The van der Waals surface area contributed by atoms with Crippen molar-refractivity contribution in [1.29, 1.82) is 0 Å². The van der Waals surface area contributed by atoms with Gasteiger partial charge in [0.25, 0.3) is 0 Å². The van der Waals surface area contributed by atoms with E-state index in [-0.39, 0.29) is 12.1 Å². The van der Waals surface area contributed by atoms with Crippen LogP contribution in [0.2, 0.25) is 5.02 Å². The molecule has 1 aromatic rings. The van der Waals surface area contributed by atoms with Crippen LogP contribution in [0, 0.1) is 0 Å². The molecule has 3 heteroatoms. The maximum absolute atomic E-state index is 6.11. The van der Waals surface area contributed by atoms with Gasteiger partial charge in [-0.05, 0) is 43.5 Å². The molecule has 2 unspecified atom stereocenters. The van der Waals surface area contributed by atoms with Crippen LogP contribution in [0.4, 0.5) is 0 Å². The van der Waals surface area contributed by atoms with Crippen LogP contribution >= 0.6 is 11.6 Å². The van der Waals surface area contributed by atoms with Crippen LogP contribution in [0.5, 0.6) is 5.75 Å². The highest BCUT2D eigenvalue weighted by Gasteiger charge is 2.21. The number of halogens is 1. The normalized spacial score (nSPS) is 26.1. The summed E-state index contributed by atoms with van der Waals surface area (Å²) in [6.45, 7) is 0. The fraction of sp³-hybridized carbons (Fsp3) is 0.538. The maximum atomic E-state index is 6.11. The van der Waals surface area contributed by atoms with E-state index in [4.69, 9.17) is 22.1 Å². The Morgan fingerprint density at radius 3 is 2.50 bits per heavy atom. The second-order valence-electron chi connectivity index (χ2n) is 4.41. The van der Waals surface area contributed by atoms with Crippen molar-refractivity contribution in [2.75, 3.05) is 0 Å². The summed E-state index contributed by atoms with van der Waals surface area (Å²) >= 11 is 5.83. The Morgan fingerprint density at radius 2 is 1.75 bits per heavy atom. The highest BCUT2D eigenvalue weighted by molar-refractivity contribution is 6.30. The monoisotopic (exact) mass is 239 g/mol. The molecule has 0 amide bonds. The summed E-state index contributed by atoms with van der Waals surface area (Å²) in [5.41, 5.74) is 6.11. The van der Waals surface area contributed by atoms with Crippen LogP contribution in [0.25, 0.3) is 0 Å². The highest BCUT2D eigenvalue weighted by atomic mass is 35.5. The maximum Gasteiger partial charge on any atom is 0.119 e. The zero-order chi connectivity index (χ0) is 11.4. The van der Waals surface area contributed by atoms with Gasteiger partial charge in [-0.15, -0.1) is 0 Å². The predicted molar refractivity (Wildman–Crippen MR) is 66.9 cm³/mol. The lowest BCUT2D eigenvalue weighted by Crippen LogP contribution is -2.37. The largest absolute Gasteiger partial charge is 0.489 e. The second-order valence-corrected chi connectivity index (χ2v) is 4.85. The van der Waals surface area contributed by atoms with E-state index in [1.807, 2.05) is 24.3 Å². The average molecular weight is 240 g/mol. The van der Waals surface area contributed by atoms with Crippen LogP contribution in [-0.4, -0.2) is 12.1 Å². The van der Waals surface area contributed by atoms with Crippen molar-refractivity contribution in [3.05, 3.63) is 29.3 Å². The molecule has 2 N–H and O–H groups in total. The lowest BCUT2D eigenvalue weighted by Gasteiger charge is -2.22. The molecule has 0 aliphatic heterocycles. The Labute approximate surface area is 102 Å². The SMILES string of the molecule is NC1CCCCCC1Oc1ccc(Cl)cc1. The van der Waals surface area contributed by atoms with Gasteiger partial charge in [0.15, 0.2) is 0 Å². The van der Waals surface area contributed by atoms with Crippen molar-refractivity contribution in [3.63, 3.8) is 0 Å². The van der Waals surface area contributed by atoms with Crippen LogP contribution in [-0.2, 0) is 0 Å². The van der Waals surface area contributed by atoms with Gasteiger partial charge in [-0.3, -0.25) is 0 Å². The Balaban J connectivity index is 1.99. The minimum absolute atomic E-state index is 0.156. The summed E-state index contributed by atoms with van der Waals surface area (Å²) in [6.07, 6.45) is 5.99. The molecular formula is C13H18ClNO. The molecule has 2 atom stereocenters. The molecule has 1 aliphatic rings. The van der Waals surface area contributed by atoms with Gasteiger partial charge in [-0.25, -0.2) is 0 Å². The molecule has 0 spiro atoms. The Hall–Kier alpha value is -0.730. The summed E-state index contributed by atoms with van der Waals surface area (Å²) in [4.78, 5) is 0.